The van der Waals surface area contributed by atoms with Crippen molar-refractivity contribution in [3.63, 3.8) is 0 Å². The molecule has 7 rings (SSSR count). The third kappa shape index (κ3) is 4.10. The standard InChI is InChI=1S/C35H39NO6S/c1-32-15-14-23(38)16-21(32)6-13-26-27-17-30-35(29(40)19-37,33(27,2)18-28(39)31(26)32)42-34(3,41-30)20-4-9-24(10-5-20)43-25-11-7-22(36)8-12-25/h4-5,7-12,14-16,26-28,30-31,37,39H,6,13,17-19,36H2,1-3H3/t26-,27-,28-,30-,31+,32-,33-,34-,35?/m0/s1. The average Bonchev–Trinajstić information content (AvgIpc) is 3.42. The smallest absolute Gasteiger partial charge is 0.193 e. The SMILES string of the molecule is C[C@]1(c2ccc(Sc3ccc(N)cc3)cc2)O[C@H]2C[C@H]3[C@@H]4CCC5=CC(=O)C=C[C@]5(C)[C@H]4[C@@H](O)C[C@]3(C)C2(C(=O)CO)O1. The number of rotatable bonds is 5. The Morgan fingerprint density at radius 1 is 1.07 bits per heavy atom. The maximum absolute atomic E-state index is 13.9. The first-order valence-corrected chi connectivity index (χ1v) is 16.0. The summed E-state index contributed by atoms with van der Waals surface area (Å²) in [6.45, 7) is 5.38. The first-order valence-electron chi connectivity index (χ1n) is 15.2. The number of ether oxygens (including phenoxy) is 2. The molecule has 0 spiro atoms. The Hall–Kier alpha value is -2.75. The number of hydrogen-bond acceptors (Lipinski definition) is 8. The molecule has 2 aromatic rings. The van der Waals surface area contributed by atoms with Gasteiger partial charge < -0.3 is 25.4 Å². The van der Waals surface area contributed by atoms with Crippen LogP contribution >= 0.6 is 11.8 Å². The molecule has 226 valence electrons. The van der Waals surface area contributed by atoms with Crippen LogP contribution in [0.1, 0.15) is 52.0 Å². The van der Waals surface area contributed by atoms with Crippen molar-refractivity contribution in [3.8, 4) is 0 Å². The van der Waals surface area contributed by atoms with Crippen LogP contribution in [0.2, 0.25) is 0 Å². The summed E-state index contributed by atoms with van der Waals surface area (Å²) < 4.78 is 13.6. The van der Waals surface area contributed by atoms with Crippen LogP contribution in [-0.2, 0) is 24.8 Å². The van der Waals surface area contributed by atoms with Gasteiger partial charge in [0.2, 0.25) is 0 Å². The fraction of sp³-hybridized carbons (Fsp3) is 0.486. The summed E-state index contributed by atoms with van der Waals surface area (Å²) in [5.74, 6) is -1.50. The molecule has 0 radical (unpaired) electrons. The van der Waals surface area contributed by atoms with Crippen LogP contribution in [0.25, 0.3) is 0 Å². The van der Waals surface area contributed by atoms with E-state index in [0.29, 0.717) is 12.8 Å². The van der Waals surface area contributed by atoms with E-state index in [1.165, 1.54) is 0 Å². The summed E-state index contributed by atoms with van der Waals surface area (Å²) in [5.41, 5.74) is 5.88. The number of aliphatic hydroxyl groups is 2. The van der Waals surface area contributed by atoms with E-state index in [2.05, 4.69) is 13.8 Å². The van der Waals surface area contributed by atoms with Crippen LogP contribution in [0.5, 0.6) is 0 Å². The van der Waals surface area contributed by atoms with Gasteiger partial charge in [-0.3, -0.25) is 9.59 Å². The minimum Gasteiger partial charge on any atom is -0.399 e. The Morgan fingerprint density at radius 3 is 2.42 bits per heavy atom. The molecule has 4 aliphatic carbocycles. The van der Waals surface area contributed by atoms with E-state index >= 15 is 0 Å². The molecule has 4 N–H and O–H groups in total. The van der Waals surface area contributed by atoms with E-state index in [9.17, 15) is 19.8 Å². The maximum Gasteiger partial charge on any atom is 0.193 e. The number of benzene rings is 2. The number of carbonyl (C=O) groups is 2. The van der Waals surface area contributed by atoms with Gasteiger partial charge in [-0.2, -0.15) is 0 Å². The molecular weight excluding hydrogens is 562 g/mol. The van der Waals surface area contributed by atoms with E-state index in [-0.39, 0.29) is 23.5 Å². The van der Waals surface area contributed by atoms with Gasteiger partial charge in [-0.25, -0.2) is 0 Å². The lowest BCUT2D eigenvalue weighted by Crippen LogP contribution is -2.63. The highest BCUT2D eigenvalue weighted by Gasteiger charge is 2.77. The van der Waals surface area contributed by atoms with Gasteiger partial charge in [0, 0.05) is 37.8 Å². The highest BCUT2D eigenvalue weighted by molar-refractivity contribution is 7.99. The Bertz CT molecular complexity index is 1540. The molecule has 2 aromatic carbocycles. The molecule has 0 bridgehead atoms. The Kier molecular flexibility index (Phi) is 6.66. The third-order valence-electron chi connectivity index (χ3n) is 11.4. The second-order valence-corrected chi connectivity index (χ2v) is 14.8. The molecule has 4 fully saturated rings. The molecule has 1 saturated heterocycles. The van der Waals surface area contributed by atoms with Crippen molar-refractivity contribution in [3.05, 3.63) is 77.9 Å². The van der Waals surface area contributed by atoms with Crippen molar-refractivity contribution < 1.29 is 29.3 Å². The summed E-state index contributed by atoms with van der Waals surface area (Å²) in [7, 11) is 0. The number of Topliss-reactive ketones (excluding diaryl/α,β-unsaturated/α-hetero) is 1. The van der Waals surface area contributed by atoms with Crippen LogP contribution in [0.3, 0.4) is 0 Å². The number of carbonyl (C=O) groups excluding carboxylic acids is 2. The van der Waals surface area contributed by atoms with E-state index in [4.69, 9.17) is 15.2 Å². The second kappa shape index (κ2) is 9.88. The average molecular weight is 602 g/mol. The van der Waals surface area contributed by atoms with E-state index in [0.717, 1.165) is 39.5 Å². The zero-order valence-electron chi connectivity index (χ0n) is 24.8. The summed E-state index contributed by atoms with van der Waals surface area (Å²) in [5, 5.41) is 22.2. The fourth-order valence-corrected chi connectivity index (χ4v) is 10.3. The maximum atomic E-state index is 13.9. The zero-order chi connectivity index (χ0) is 30.4. The predicted octanol–water partition coefficient (Wildman–Crippen LogP) is 5.20. The number of fused-ring (bicyclic) bond motifs is 7. The molecule has 0 aromatic heterocycles. The minimum absolute atomic E-state index is 0.00178. The largest absolute Gasteiger partial charge is 0.399 e. The monoisotopic (exact) mass is 601 g/mol. The molecule has 1 aliphatic heterocycles. The van der Waals surface area contributed by atoms with Gasteiger partial charge in [0.25, 0.3) is 0 Å². The summed E-state index contributed by atoms with van der Waals surface area (Å²) in [6, 6.07) is 15.7. The van der Waals surface area contributed by atoms with Crippen molar-refractivity contribution in [2.24, 2.45) is 28.6 Å². The number of allylic oxidation sites excluding steroid dienone is 4. The number of nitrogen functional groups attached to an aromatic ring is 1. The molecule has 8 heteroatoms. The highest BCUT2D eigenvalue weighted by atomic mass is 32.2. The van der Waals surface area contributed by atoms with Crippen LogP contribution in [0.4, 0.5) is 5.69 Å². The summed E-state index contributed by atoms with van der Waals surface area (Å²) in [4.78, 5) is 28.2. The van der Waals surface area contributed by atoms with Crippen molar-refractivity contribution in [2.45, 2.75) is 79.8 Å². The number of anilines is 1. The lowest BCUT2D eigenvalue weighted by Gasteiger charge is -2.60. The Balaban J connectivity index is 1.20. The van der Waals surface area contributed by atoms with E-state index < -0.39 is 46.8 Å². The number of nitrogens with two attached hydrogens (primary N) is 1. The lowest BCUT2D eigenvalue weighted by atomic mass is 9.46. The number of ketones is 2. The zero-order valence-corrected chi connectivity index (χ0v) is 25.6. The molecule has 5 aliphatic rings. The first kappa shape index (κ1) is 29.0. The minimum atomic E-state index is -1.39. The van der Waals surface area contributed by atoms with Gasteiger partial charge in [0.05, 0.1) is 12.2 Å². The number of hydrogen-bond donors (Lipinski definition) is 3. The quantitative estimate of drug-likeness (QED) is 0.401. The Labute approximate surface area is 256 Å². The molecule has 7 nitrogen and oxygen atoms in total. The van der Waals surface area contributed by atoms with Gasteiger partial charge >= 0.3 is 0 Å². The third-order valence-corrected chi connectivity index (χ3v) is 12.4. The van der Waals surface area contributed by atoms with Gasteiger partial charge in [-0.15, -0.1) is 0 Å². The van der Waals surface area contributed by atoms with Gasteiger partial charge in [-0.05, 0) is 93.0 Å². The van der Waals surface area contributed by atoms with E-state index in [1.807, 2.05) is 61.5 Å². The highest BCUT2D eigenvalue weighted by Crippen LogP contribution is 2.71. The van der Waals surface area contributed by atoms with Crippen molar-refractivity contribution >= 4 is 29.0 Å². The van der Waals surface area contributed by atoms with E-state index in [1.54, 1.807) is 23.9 Å². The summed E-state index contributed by atoms with van der Waals surface area (Å²) >= 11 is 1.62. The van der Waals surface area contributed by atoms with Gasteiger partial charge in [0.15, 0.2) is 23.0 Å². The molecule has 43 heavy (non-hydrogen) atoms. The fourth-order valence-electron chi connectivity index (χ4n) is 9.51. The van der Waals surface area contributed by atoms with Crippen molar-refractivity contribution in [2.75, 3.05) is 12.3 Å². The lowest BCUT2D eigenvalue weighted by molar-refractivity contribution is -0.237. The van der Waals surface area contributed by atoms with Gasteiger partial charge in [0.1, 0.15) is 6.61 Å². The second-order valence-electron chi connectivity index (χ2n) is 13.6. The predicted molar refractivity (Wildman–Crippen MR) is 163 cm³/mol. The van der Waals surface area contributed by atoms with Crippen LogP contribution in [0, 0.1) is 28.6 Å². The van der Waals surface area contributed by atoms with Crippen LogP contribution in [-0.4, -0.2) is 46.2 Å². The molecular formula is C35H39NO6S. The molecule has 3 saturated carbocycles. The molecule has 9 atom stereocenters. The number of aliphatic hydroxyl groups excluding tert-OH is 2. The van der Waals surface area contributed by atoms with Crippen LogP contribution < -0.4 is 5.73 Å². The normalized spacial score (nSPS) is 41.2. The van der Waals surface area contributed by atoms with Crippen LogP contribution in [0.15, 0.2) is 82.1 Å². The Morgan fingerprint density at radius 2 is 1.74 bits per heavy atom. The molecule has 0 amide bonds. The van der Waals surface area contributed by atoms with Gasteiger partial charge in [-0.1, -0.05) is 49.4 Å². The van der Waals surface area contributed by atoms with Crippen molar-refractivity contribution in [1.82, 2.24) is 0 Å². The molecule has 1 heterocycles. The first-order chi connectivity index (χ1) is 20.4. The van der Waals surface area contributed by atoms with Crippen molar-refractivity contribution in [1.29, 1.82) is 0 Å². The topological polar surface area (TPSA) is 119 Å². The summed E-state index contributed by atoms with van der Waals surface area (Å²) in [6.07, 6.45) is 6.64. The molecule has 1 unspecified atom stereocenters.